The Hall–Kier alpha value is -1.47. The van der Waals surface area contributed by atoms with Gasteiger partial charge in [0.2, 0.25) is 10.0 Å². The number of sulfonamides is 1. The highest BCUT2D eigenvalue weighted by Gasteiger charge is 2.25. The first-order valence-corrected chi connectivity index (χ1v) is 7.26. The van der Waals surface area contributed by atoms with Crippen LogP contribution in [0.1, 0.15) is 13.8 Å². The summed E-state index contributed by atoms with van der Waals surface area (Å²) in [5, 5.41) is 7.26. The highest BCUT2D eigenvalue weighted by atomic mass is 32.2. The summed E-state index contributed by atoms with van der Waals surface area (Å²) in [6, 6.07) is 4.60. The van der Waals surface area contributed by atoms with Crippen LogP contribution in [-0.2, 0) is 10.0 Å². The number of benzene rings is 1. The number of halogens is 1. The average Bonchev–Trinajstić information content (AvgIpc) is 2.27. The van der Waals surface area contributed by atoms with Crippen molar-refractivity contribution in [2.75, 3.05) is 13.1 Å². The molecular weight excluding hydrogens is 269 g/mol. The Morgan fingerprint density at radius 3 is 2.32 bits per heavy atom. The van der Waals surface area contributed by atoms with Gasteiger partial charge >= 0.3 is 0 Å². The molecule has 0 radical (unpaired) electrons. The zero-order chi connectivity index (χ0) is 14.6. The van der Waals surface area contributed by atoms with Gasteiger partial charge in [-0.15, -0.1) is 0 Å². The lowest BCUT2D eigenvalue weighted by atomic mass is 10.2. The molecule has 0 aliphatic heterocycles. The number of hydrogen-bond acceptors (Lipinski definition) is 3. The summed E-state index contributed by atoms with van der Waals surface area (Å²) in [4.78, 5) is -0.00389. The molecule has 0 aliphatic rings. The van der Waals surface area contributed by atoms with Crippen LogP contribution < -0.4 is 5.73 Å². The van der Waals surface area contributed by atoms with E-state index < -0.39 is 15.8 Å². The second kappa shape index (κ2) is 6.12. The van der Waals surface area contributed by atoms with Gasteiger partial charge in [-0.3, -0.25) is 5.41 Å². The molecule has 1 aromatic carbocycles. The van der Waals surface area contributed by atoms with Gasteiger partial charge in [-0.05, 0) is 30.2 Å². The predicted molar refractivity (Wildman–Crippen MR) is 71.9 cm³/mol. The van der Waals surface area contributed by atoms with Crippen LogP contribution in [0.25, 0.3) is 0 Å². The fourth-order valence-corrected chi connectivity index (χ4v) is 3.18. The van der Waals surface area contributed by atoms with E-state index in [0.29, 0.717) is 0 Å². The quantitative estimate of drug-likeness (QED) is 0.612. The Kier molecular flexibility index (Phi) is 5.02. The third kappa shape index (κ3) is 4.29. The van der Waals surface area contributed by atoms with Crippen molar-refractivity contribution in [1.29, 1.82) is 5.41 Å². The van der Waals surface area contributed by atoms with Crippen molar-refractivity contribution in [3.05, 3.63) is 30.1 Å². The molecule has 0 bridgehead atoms. The fourth-order valence-electron chi connectivity index (χ4n) is 1.60. The molecule has 0 spiro atoms. The lowest BCUT2D eigenvalue weighted by Gasteiger charge is -2.23. The van der Waals surface area contributed by atoms with Crippen LogP contribution in [-0.4, -0.2) is 31.6 Å². The number of hydrogen-bond donors (Lipinski definition) is 2. The second-order valence-electron chi connectivity index (χ2n) is 4.67. The summed E-state index contributed by atoms with van der Waals surface area (Å²) in [6.07, 6.45) is 0. The first-order valence-electron chi connectivity index (χ1n) is 5.82. The van der Waals surface area contributed by atoms with E-state index in [4.69, 9.17) is 11.1 Å². The van der Waals surface area contributed by atoms with Crippen molar-refractivity contribution in [3.63, 3.8) is 0 Å². The molecule has 0 heterocycles. The van der Waals surface area contributed by atoms with E-state index in [9.17, 15) is 12.8 Å². The summed E-state index contributed by atoms with van der Waals surface area (Å²) in [6.45, 7) is 3.82. The number of rotatable bonds is 6. The Balaban J connectivity index is 3.11. The molecule has 7 heteroatoms. The van der Waals surface area contributed by atoms with Gasteiger partial charge in [0.15, 0.2) is 0 Å². The minimum Gasteiger partial charge on any atom is -0.387 e. The van der Waals surface area contributed by atoms with Gasteiger partial charge in [-0.25, -0.2) is 12.8 Å². The van der Waals surface area contributed by atoms with Gasteiger partial charge in [0.1, 0.15) is 11.7 Å². The SMILES string of the molecule is CC(C)CN(CC(=N)N)S(=O)(=O)c1ccc(F)cc1. The third-order valence-electron chi connectivity index (χ3n) is 2.37. The lowest BCUT2D eigenvalue weighted by molar-refractivity contribution is 0.398. The Morgan fingerprint density at radius 1 is 1.37 bits per heavy atom. The maximum atomic E-state index is 12.8. The van der Waals surface area contributed by atoms with Gasteiger partial charge < -0.3 is 5.73 Å². The molecule has 1 rings (SSSR count). The lowest BCUT2D eigenvalue weighted by Crippen LogP contribution is -2.40. The molecule has 0 unspecified atom stereocenters. The first-order chi connectivity index (χ1) is 8.73. The van der Waals surface area contributed by atoms with E-state index in [2.05, 4.69) is 0 Å². The van der Waals surface area contributed by atoms with E-state index in [1.165, 1.54) is 12.1 Å². The molecule has 106 valence electrons. The molecule has 5 nitrogen and oxygen atoms in total. The van der Waals surface area contributed by atoms with Gasteiger partial charge in [0.25, 0.3) is 0 Å². The van der Waals surface area contributed by atoms with Crippen LogP contribution >= 0.6 is 0 Å². The van der Waals surface area contributed by atoms with Crippen LogP contribution in [0.2, 0.25) is 0 Å². The van der Waals surface area contributed by atoms with Crippen molar-refractivity contribution in [1.82, 2.24) is 4.31 Å². The maximum Gasteiger partial charge on any atom is 0.243 e. The molecule has 0 aliphatic carbocycles. The average molecular weight is 287 g/mol. The van der Waals surface area contributed by atoms with E-state index in [0.717, 1.165) is 16.4 Å². The highest BCUT2D eigenvalue weighted by Crippen LogP contribution is 2.17. The number of amidine groups is 1. The van der Waals surface area contributed by atoms with Gasteiger partial charge in [0, 0.05) is 6.54 Å². The largest absolute Gasteiger partial charge is 0.387 e. The Morgan fingerprint density at radius 2 is 1.89 bits per heavy atom. The molecule has 3 N–H and O–H groups in total. The third-order valence-corrected chi connectivity index (χ3v) is 4.19. The Labute approximate surface area is 112 Å². The fraction of sp³-hybridized carbons (Fsp3) is 0.417. The number of nitrogens with zero attached hydrogens (tertiary/aromatic N) is 1. The van der Waals surface area contributed by atoms with Gasteiger partial charge in [0.05, 0.1) is 11.4 Å². The summed E-state index contributed by atoms with van der Waals surface area (Å²) >= 11 is 0. The van der Waals surface area contributed by atoms with Crippen LogP contribution in [0.15, 0.2) is 29.2 Å². The van der Waals surface area contributed by atoms with Crippen molar-refractivity contribution >= 4 is 15.9 Å². The van der Waals surface area contributed by atoms with E-state index in [1.54, 1.807) is 0 Å². The molecule has 1 aromatic rings. The van der Waals surface area contributed by atoms with Crippen molar-refractivity contribution in [3.8, 4) is 0 Å². The number of nitrogens with one attached hydrogen (secondary N) is 1. The van der Waals surface area contributed by atoms with Crippen molar-refractivity contribution < 1.29 is 12.8 Å². The molecule has 0 amide bonds. The monoisotopic (exact) mass is 287 g/mol. The minimum atomic E-state index is -3.76. The van der Waals surface area contributed by atoms with E-state index in [1.807, 2.05) is 13.8 Å². The molecule has 0 saturated heterocycles. The molecule has 0 fully saturated rings. The molecule has 0 saturated carbocycles. The molecule has 0 atom stereocenters. The summed E-state index contributed by atoms with van der Waals surface area (Å²) in [5.74, 6) is -0.637. The maximum absolute atomic E-state index is 12.8. The minimum absolute atomic E-state index is 0.00389. The van der Waals surface area contributed by atoms with Crippen LogP contribution in [0, 0.1) is 17.1 Å². The smallest absolute Gasteiger partial charge is 0.243 e. The molecule has 19 heavy (non-hydrogen) atoms. The van der Waals surface area contributed by atoms with Crippen LogP contribution in [0.3, 0.4) is 0 Å². The summed E-state index contributed by atoms with van der Waals surface area (Å²) in [7, 11) is -3.76. The first kappa shape index (κ1) is 15.6. The highest BCUT2D eigenvalue weighted by molar-refractivity contribution is 7.89. The van der Waals surface area contributed by atoms with Gasteiger partial charge in [-0.2, -0.15) is 4.31 Å². The van der Waals surface area contributed by atoms with Gasteiger partial charge in [-0.1, -0.05) is 13.8 Å². The van der Waals surface area contributed by atoms with Crippen molar-refractivity contribution in [2.45, 2.75) is 18.7 Å². The number of nitrogens with two attached hydrogens (primary N) is 1. The van der Waals surface area contributed by atoms with E-state index in [-0.39, 0.29) is 29.7 Å². The van der Waals surface area contributed by atoms with E-state index >= 15 is 0 Å². The second-order valence-corrected chi connectivity index (χ2v) is 6.61. The summed E-state index contributed by atoms with van der Waals surface area (Å²) in [5.41, 5.74) is 5.29. The standard InChI is InChI=1S/C12H18FN3O2S/c1-9(2)7-16(8-12(14)15)19(17,18)11-5-3-10(13)4-6-11/h3-6,9H,7-8H2,1-2H3,(H3,14,15). The molecule has 0 aromatic heterocycles. The van der Waals surface area contributed by atoms with Crippen LogP contribution in [0.5, 0.6) is 0 Å². The molecular formula is C12H18FN3O2S. The Bertz CT molecular complexity index is 541. The normalized spacial score (nSPS) is 12.1. The van der Waals surface area contributed by atoms with Crippen LogP contribution in [0.4, 0.5) is 4.39 Å². The topological polar surface area (TPSA) is 87.2 Å². The zero-order valence-corrected chi connectivity index (χ0v) is 11.7. The van der Waals surface area contributed by atoms with Crippen molar-refractivity contribution in [2.24, 2.45) is 11.7 Å². The zero-order valence-electron chi connectivity index (χ0n) is 10.9. The predicted octanol–water partition coefficient (Wildman–Crippen LogP) is 1.41. The summed E-state index contributed by atoms with van der Waals surface area (Å²) < 4.78 is 38.7.